The fourth-order valence-electron chi connectivity index (χ4n) is 3.23. The number of nitrogens with zero attached hydrogens (tertiary/aromatic N) is 1. The molecular formula is C11H22ClN3. The monoisotopic (exact) mass is 231 g/mol. The Labute approximate surface area is 98.4 Å². The van der Waals surface area contributed by atoms with E-state index in [1.54, 1.807) is 0 Å². The topological polar surface area (TPSA) is 27.3 Å². The highest BCUT2D eigenvalue weighted by Crippen LogP contribution is 2.36. The molecule has 3 rings (SSSR count). The number of hydrogen-bond donors (Lipinski definition) is 2. The van der Waals surface area contributed by atoms with Crippen molar-refractivity contribution in [3.05, 3.63) is 0 Å². The molecule has 1 spiro atoms. The van der Waals surface area contributed by atoms with Crippen molar-refractivity contribution in [3.63, 3.8) is 0 Å². The standard InChI is InChI=1S/C11H21N3.ClH/c1-2-11(3-4-12-8-11)9-14(5-1)10-6-13-7-10;/h10,12-13H,1-9H2;1H. The van der Waals surface area contributed by atoms with Gasteiger partial charge in [0.05, 0.1) is 0 Å². The Hall–Kier alpha value is 0.170. The third-order valence-corrected chi connectivity index (χ3v) is 4.30. The van der Waals surface area contributed by atoms with Gasteiger partial charge in [-0.25, -0.2) is 0 Å². The van der Waals surface area contributed by atoms with Gasteiger partial charge < -0.3 is 10.6 Å². The molecule has 4 heteroatoms. The van der Waals surface area contributed by atoms with Gasteiger partial charge in [0.1, 0.15) is 0 Å². The molecule has 1 unspecified atom stereocenters. The highest BCUT2D eigenvalue weighted by Gasteiger charge is 2.40. The van der Waals surface area contributed by atoms with Crippen molar-refractivity contribution >= 4 is 12.4 Å². The number of hydrogen-bond acceptors (Lipinski definition) is 3. The first kappa shape index (κ1) is 11.6. The number of likely N-dealkylation sites (tertiary alicyclic amines) is 1. The summed E-state index contributed by atoms with van der Waals surface area (Å²) < 4.78 is 0. The van der Waals surface area contributed by atoms with E-state index in [1.165, 1.54) is 58.5 Å². The lowest BCUT2D eigenvalue weighted by Gasteiger charge is -2.46. The minimum Gasteiger partial charge on any atom is -0.316 e. The lowest BCUT2D eigenvalue weighted by atomic mass is 9.78. The van der Waals surface area contributed by atoms with Crippen LogP contribution in [0.2, 0.25) is 0 Å². The second-order valence-corrected chi connectivity index (χ2v) is 5.31. The molecule has 2 N–H and O–H groups in total. The lowest BCUT2D eigenvalue weighted by Crippen LogP contribution is -2.61. The summed E-state index contributed by atoms with van der Waals surface area (Å²) in [4.78, 5) is 2.73. The summed E-state index contributed by atoms with van der Waals surface area (Å²) in [7, 11) is 0. The van der Waals surface area contributed by atoms with Gasteiger partial charge in [-0.05, 0) is 37.8 Å². The van der Waals surface area contributed by atoms with Gasteiger partial charge in [-0.3, -0.25) is 4.90 Å². The molecule has 0 aliphatic carbocycles. The van der Waals surface area contributed by atoms with Gasteiger partial charge in [-0.2, -0.15) is 0 Å². The molecule has 3 aliphatic rings. The highest BCUT2D eigenvalue weighted by atomic mass is 35.5. The van der Waals surface area contributed by atoms with E-state index in [4.69, 9.17) is 0 Å². The zero-order chi connectivity index (χ0) is 9.43. The van der Waals surface area contributed by atoms with E-state index < -0.39 is 0 Å². The molecule has 3 nitrogen and oxygen atoms in total. The molecule has 0 amide bonds. The summed E-state index contributed by atoms with van der Waals surface area (Å²) >= 11 is 0. The summed E-state index contributed by atoms with van der Waals surface area (Å²) in [5.41, 5.74) is 0.647. The van der Waals surface area contributed by atoms with Crippen molar-refractivity contribution in [3.8, 4) is 0 Å². The summed E-state index contributed by atoms with van der Waals surface area (Å²) in [6, 6.07) is 0.854. The predicted molar refractivity (Wildman–Crippen MR) is 64.6 cm³/mol. The minimum absolute atomic E-state index is 0. The molecule has 3 aliphatic heterocycles. The molecule has 0 saturated carbocycles. The van der Waals surface area contributed by atoms with Crippen LogP contribution in [0.1, 0.15) is 19.3 Å². The van der Waals surface area contributed by atoms with Crippen LogP contribution in [0.25, 0.3) is 0 Å². The zero-order valence-electron chi connectivity index (χ0n) is 9.30. The molecular weight excluding hydrogens is 210 g/mol. The molecule has 0 aromatic carbocycles. The third kappa shape index (κ3) is 2.16. The Morgan fingerprint density at radius 1 is 1.13 bits per heavy atom. The van der Waals surface area contributed by atoms with Crippen LogP contribution in [0.5, 0.6) is 0 Å². The Balaban J connectivity index is 0.000000853. The van der Waals surface area contributed by atoms with Gasteiger partial charge >= 0.3 is 0 Å². The molecule has 0 aromatic heterocycles. The van der Waals surface area contributed by atoms with Crippen LogP contribution < -0.4 is 10.6 Å². The van der Waals surface area contributed by atoms with Gasteiger partial charge in [-0.15, -0.1) is 12.4 Å². The van der Waals surface area contributed by atoms with Crippen molar-refractivity contribution in [2.75, 3.05) is 39.3 Å². The number of nitrogens with one attached hydrogen (secondary N) is 2. The Morgan fingerprint density at radius 3 is 2.60 bits per heavy atom. The fraction of sp³-hybridized carbons (Fsp3) is 1.00. The Kier molecular flexibility index (Phi) is 3.56. The Bertz CT molecular complexity index is 212. The fourth-order valence-corrected chi connectivity index (χ4v) is 3.23. The van der Waals surface area contributed by atoms with Crippen molar-refractivity contribution in [2.45, 2.75) is 25.3 Å². The quantitative estimate of drug-likeness (QED) is 0.687. The number of rotatable bonds is 1. The van der Waals surface area contributed by atoms with Crippen LogP contribution in [0.4, 0.5) is 0 Å². The van der Waals surface area contributed by atoms with Gasteiger partial charge in [0.25, 0.3) is 0 Å². The first-order valence-electron chi connectivity index (χ1n) is 6.04. The molecule has 3 saturated heterocycles. The highest BCUT2D eigenvalue weighted by molar-refractivity contribution is 5.85. The maximum Gasteiger partial charge on any atom is 0.0345 e. The zero-order valence-corrected chi connectivity index (χ0v) is 10.1. The van der Waals surface area contributed by atoms with E-state index in [2.05, 4.69) is 15.5 Å². The number of halogens is 1. The largest absolute Gasteiger partial charge is 0.316 e. The van der Waals surface area contributed by atoms with E-state index in [0.717, 1.165) is 6.04 Å². The summed E-state index contributed by atoms with van der Waals surface area (Å²) in [6.45, 7) is 7.66. The average Bonchev–Trinajstić information content (AvgIpc) is 2.50. The van der Waals surface area contributed by atoms with Crippen LogP contribution >= 0.6 is 12.4 Å². The maximum atomic E-state index is 3.54. The molecule has 0 aromatic rings. The lowest BCUT2D eigenvalue weighted by molar-refractivity contribution is 0.0467. The number of piperidine rings is 1. The molecule has 0 bridgehead atoms. The Morgan fingerprint density at radius 2 is 2.00 bits per heavy atom. The van der Waals surface area contributed by atoms with E-state index in [1.807, 2.05) is 0 Å². The van der Waals surface area contributed by atoms with Crippen molar-refractivity contribution in [2.24, 2.45) is 5.41 Å². The normalized spacial score (nSPS) is 37.6. The predicted octanol–water partition coefficient (Wildman–Crippen LogP) is 0.455. The van der Waals surface area contributed by atoms with Gasteiger partial charge in [0, 0.05) is 32.2 Å². The molecule has 1 atom stereocenters. The summed E-state index contributed by atoms with van der Waals surface area (Å²) in [5, 5.41) is 6.92. The van der Waals surface area contributed by atoms with E-state index in [0.29, 0.717) is 5.41 Å². The van der Waals surface area contributed by atoms with E-state index in [9.17, 15) is 0 Å². The van der Waals surface area contributed by atoms with Gasteiger partial charge in [0.15, 0.2) is 0 Å². The minimum atomic E-state index is 0. The van der Waals surface area contributed by atoms with E-state index >= 15 is 0 Å². The van der Waals surface area contributed by atoms with Crippen molar-refractivity contribution in [1.82, 2.24) is 15.5 Å². The van der Waals surface area contributed by atoms with Crippen LogP contribution in [-0.2, 0) is 0 Å². The second kappa shape index (κ2) is 4.58. The summed E-state index contributed by atoms with van der Waals surface area (Å²) in [6.07, 6.45) is 4.28. The van der Waals surface area contributed by atoms with Gasteiger partial charge in [-0.1, -0.05) is 0 Å². The summed E-state index contributed by atoms with van der Waals surface area (Å²) in [5.74, 6) is 0. The van der Waals surface area contributed by atoms with E-state index in [-0.39, 0.29) is 12.4 Å². The van der Waals surface area contributed by atoms with Crippen LogP contribution in [0.3, 0.4) is 0 Å². The average molecular weight is 232 g/mol. The van der Waals surface area contributed by atoms with Gasteiger partial charge in [0.2, 0.25) is 0 Å². The smallest absolute Gasteiger partial charge is 0.0345 e. The molecule has 3 fully saturated rings. The van der Waals surface area contributed by atoms with Crippen molar-refractivity contribution in [1.29, 1.82) is 0 Å². The molecule has 15 heavy (non-hydrogen) atoms. The van der Waals surface area contributed by atoms with Crippen LogP contribution in [-0.4, -0.2) is 50.2 Å². The SMILES string of the molecule is C1CN(C2CNC2)CC2(C1)CCNC2.Cl. The molecule has 3 heterocycles. The molecule has 88 valence electrons. The van der Waals surface area contributed by atoms with Crippen LogP contribution in [0.15, 0.2) is 0 Å². The third-order valence-electron chi connectivity index (χ3n) is 4.30. The second-order valence-electron chi connectivity index (χ2n) is 5.31. The first-order chi connectivity index (χ1) is 6.88. The molecule has 0 radical (unpaired) electrons. The first-order valence-corrected chi connectivity index (χ1v) is 6.04. The van der Waals surface area contributed by atoms with Crippen LogP contribution in [0, 0.1) is 5.41 Å². The maximum absolute atomic E-state index is 3.54. The van der Waals surface area contributed by atoms with Crippen molar-refractivity contribution < 1.29 is 0 Å².